The van der Waals surface area contributed by atoms with Crippen LogP contribution in [0.15, 0.2) is 24.4 Å². The summed E-state index contributed by atoms with van der Waals surface area (Å²) in [7, 11) is 2.01. The summed E-state index contributed by atoms with van der Waals surface area (Å²) in [5, 5.41) is 7.76. The van der Waals surface area contributed by atoms with Crippen LogP contribution in [0.1, 0.15) is 6.42 Å². The third kappa shape index (κ3) is 1.53. The summed E-state index contributed by atoms with van der Waals surface area (Å²) in [4.78, 5) is 6.74. The zero-order valence-electron chi connectivity index (χ0n) is 9.30. The average Bonchev–Trinajstić information content (AvgIpc) is 2.95. The molecule has 2 aromatic rings. The van der Waals surface area contributed by atoms with Crippen molar-refractivity contribution in [2.75, 3.05) is 25.0 Å². The molecule has 5 heteroatoms. The summed E-state index contributed by atoms with van der Waals surface area (Å²) in [5.74, 6) is 0.837. The van der Waals surface area contributed by atoms with E-state index in [4.69, 9.17) is 0 Å². The highest BCUT2D eigenvalue weighted by atomic mass is 15.4. The fraction of sp³-hybridized carbons (Fsp3) is 0.455. The molecule has 0 saturated carbocycles. The van der Waals surface area contributed by atoms with Gasteiger partial charge in [0.2, 0.25) is 5.95 Å². The van der Waals surface area contributed by atoms with Crippen molar-refractivity contribution in [3.8, 4) is 0 Å². The highest BCUT2D eigenvalue weighted by Gasteiger charge is 2.23. The minimum atomic E-state index is 0.562. The Morgan fingerprint density at radius 1 is 1.44 bits per heavy atom. The van der Waals surface area contributed by atoms with Gasteiger partial charge >= 0.3 is 0 Å². The van der Waals surface area contributed by atoms with Gasteiger partial charge in [-0.05, 0) is 25.6 Å². The Morgan fingerprint density at radius 3 is 3.12 bits per heavy atom. The molecule has 1 aliphatic heterocycles. The lowest BCUT2D eigenvalue weighted by atomic mass is 10.3. The van der Waals surface area contributed by atoms with Crippen LogP contribution in [0.4, 0.5) is 5.95 Å². The molecule has 5 nitrogen and oxygen atoms in total. The van der Waals surface area contributed by atoms with E-state index in [0.29, 0.717) is 6.04 Å². The Hall–Kier alpha value is -1.62. The number of likely N-dealkylation sites (N-methyl/N-ethyl adjacent to an activating group) is 1. The maximum atomic E-state index is 4.51. The SMILES string of the molecule is CNC1CCN(c2nc3ccccn3n2)C1. The molecule has 1 N–H and O–H groups in total. The number of nitrogens with one attached hydrogen (secondary N) is 1. The van der Waals surface area contributed by atoms with Gasteiger partial charge in [0.15, 0.2) is 5.65 Å². The van der Waals surface area contributed by atoms with Crippen LogP contribution >= 0.6 is 0 Å². The maximum Gasteiger partial charge on any atom is 0.245 e. The van der Waals surface area contributed by atoms with Crippen molar-refractivity contribution in [1.82, 2.24) is 19.9 Å². The molecule has 1 saturated heterocycles. The topological polar surface area (TPSA) is 45.5 Å². The highest BCUT2D eigenvalue weighted by Crippen LogP contribution is 2.16. The maximum absolute atomic E-state index is 4.51. The number of rotatable bonds is 2. The number of hydrogen-bond donors (Lipinski definition) is 1. The largest absolute Gasteiger partial charge is 0.338 e. The van der Waals surface area contributed by atoms with E-state index < -0.39 is 0 Å². The third-order valence-corrected chi connectivity index (χ3v) is 3.11. The van der Waals surface area contributed by atoms with Crippen LogP contribution in [0.5, 0.6) is 0 Å². The molecule has 16 heavy (non-hydrogen) atoms. The number of nitrogens with zero attached hydrogens (tertiary/aromatic N) is 4. The molecular weight excluding hydrogens is 202 g/mol. The molecule has 0 amide bonds. The number of pyridine rings is 1. The normalized spacial score (nSPS) is 20.8. The first-order valence-corrected chi connectivity index (χ1v) is 5.60. The number of fused-ring (bicyclic) bond motifs is 1. The van der Waals surface area contributed by atoms with Gasteiger partial charge in [-0.2, -0.15) is 4.98 Å². The van der Waals surface area contributed by atoms with Gasteiger partial charge in [-0.1, -0.05) is 6.07 Å². The Balaban J connectivity index is 1.89. The molecule has 1 atom stereocenters. The predicted molar refractivity (Wildman–Crippen MR) is 62.7 cm³/mol. The van der Waals surface area contributed by atoms with Crippen molar-refractivity contribution in [2.24, 2.45) is 0 Å². The summed E-state index contributed by atoms with van der Waals surface area (Å²) in [5.41, 5.74) is 0.908. The van der Waals surface area contributed by atoms with Crippen LogP contribution in [0, 0.1) is 0 Å². The van der Waals surface area contributed by atoms with Crippen LogP contribution in [0.3, 0.4) is 0 Å². The van der Waals surface area contributed by atoms with Gasteiger partial charge in [-0.25, -0.2) is 4.52 Å². The Kier molecular flexibility index (Phi) is 2.25. The lowest BCUT2D eigenvalue weighted by Gasteiger charge is -2.12. The fourth-order valence-electron chi connectivity index (χ4n) is 2.13. The first-order chi connectivity index (χ1) is 7.86. The smallest absolute Gasteiger partial charge is 0.245 e. The molecule has 3 rings (SSSR count). The lowest BCUT2D eigenvalue weighted by Crippen LogP contribution is -2.29. The van der Waals surface area contributed by atoms with Crippen molar-refractivity contribution < 1.29 is 0 Å². The average molecular weight is 217 g/mol. The molecular formula is C11H15N5. The number of aromatic nitrogens is 3. The van der Waals surface area contributed by atoms with Crippen molar-refractivity contribution in [3.05, 3.63) is 24.4 Å². The van der Waals surface area contributed by atoms with Gasteiger partial charge in [-0.3, -0.25) is 0 Å². The molecule has 0 radical (unpaired) electrons. The summed E-state index contributed by atoms with van der Waals surface area (Å²) >= 11 is 0. The van der Waals surface area contributed by atoms with E-state index >= 15 is 0 Å². The molecule has 1 fully saturated rings. The minimum absolute atomic E-state index is 0.562. The molecule has 3 heterocycles. The van der Waals surface area contributed by atoms with Crippen LogP contribution in [0.25, 0.3) is 5.65 Å². The molecule has 0 aromatic carbocycles. The summed E-state index contributed by atoms with van der Waals surface area (Å²) < 4.78 is 1.82. The Labute approximate surface area is 94.1 Å². The molecule has 0 spiro atoms. The van der Waals surface area contributed by atoms with Gasteiger partial charge in [0.05, 0.1) is 0 Å². The van der Waals surface area contributed by atoms with E-state index in [1.165, 1.54) is 0 Å². The Morgan fingerprint density at radius 2 is 2.38 bits per heavy atom. The van der Waals surface area contributed by atoms with E-state index in [1.54, 1.807) is 0 Å². The van der Waals surface area contributed by atoms with Crippen molar-refractivity contribution in [1.29, 1.82) is 0 Å². The monoisotopic (exact) mass is 217 g/mol. The van der Waals surface area contributed by atoms with Crippen LogP contribution in [-0.4, -0.2) is 40.8 Å². The van der Waals surface area contributed by atoms with Gasteiger partial charge in [0.25, 0.3) is 0 Å². The molecule has 84 valence electrons. The van der Waals surface area contributed by atoms with Crippen molar-refractivity contribution in [2.45, 2.75) is 12.5 Å². The minimum Gasteiger partial charge on any atom is -0.338 e. The van der Waals surface area contributed by atoms with Crippen molar-refractivity contribution in [3.63, 3.8) is 0 Å². The van der Waals surface area contributed by atoms with E-state index in [9.17, 15) is 0 Å². The first-order valence-electron chi connectivity index (χ1n) is 5.60. The molecule has 0 bridgehead atoms. The zero-order chi connectivity index (χ0) is 11.0. The van der Waals surface area contributed by atoms with E-state index in [1.807, 2.05) is 36.0 Å². The van der Waals surface area contributed by atoms with Crippen LogP contribution < -0.4 is 10.2 Å². The number of hydrogen-bond acceptors (Lipinski definition) is 4. The van der Waals surface area contributed by atoms with Gasteiger partial charge in [0, 0.05) is 25.3 Å². The molecule has 0 aliphatic carbocycles. The van der Waals surface area contributed by atoms with Gasteiger partial charge < -0.3 is 10.2 Å². The van der Waals surface area contributed by atoms with Gasteiger partial charge in [-0.15, -0.1) is 5.10 Å². The standard InChI is InChI=1S/C11H15N5/c1-12-9-5-7-15(8-9)11-13-10-4-2-3-6-16(10)14-11/h2-4,6,9,12H,5,7-8H2,1H3. The first kappa shape index (κ1) is 9.59. The number of anilines is 1. The van der Waals surface area contributed by atoms with E-state index in [0.717, 1.165) is 31.1 Å². The quantitative estimate of drug-likeness (QED) is 0.797. The fourth-order valence-corrected chi connectivity index (χ4v) is 2.13. The second kappa shape index (κ2) is 3.75. The van der Waals surface area contributed by atoms with Crippen molar-refractivity contribution >= 4 is 11.6 Å². The predicted octanol–water partition coefficient (Wildman–Crippen LogP) is 0.527. The van der Waals surface area contributed by atoms with E-state index in [2.05, 4.69) is 20.3 Å². The second-order valence-electron chi connectivity index (χ2n) is 4.14. The Bertz CT molecular complexity index is 459. The molecule has 1 aliphatic rings. The van der Waals surface area contributed by atoms with Gasteiger partial charge in [0.1, 0.15) is 0 Å². The van der Waals surface area contributed by atoms with E-state index in [-0.39, 0.29) is 0 Å². The summed E-state index contributed by atoms with van der Waals surface area (Å²) in [6.07, 6.45) is 3.09. The lowest BCUT2D eigenvalue weighted by molar-refractivity contribution is 0.616. The van der Waals surface area contributed by atoms with Crippen LogP contribution in [-0.2, 0) is 0 Å². The zero-order valence-corrected chi connectivity index (χ0v) is 9.30. The third-order valence-electron chi connectivity index (χ3n) is 3.11. The highest BCUT2D eigenvalue weighted by molar-refractivity contribution is 5.45. The summed E-state index contributed by atoms with van der Waals surface area (Å²) in [6, 6.07) is 6.48. The van der Waals surface area contributed by atoms with Crippen LogP contribution in [0.2, 0.25) is 0 Å². The summed E-state index contributed by atoms with van der Waals surface area (Å²) in [6.45, 7) is 2.02. The molecule has 1 unspecified atom stereocenters. The molecule has 2 aromatic heterocycles. The second-order valence-corrected chi connectivity index (χ2v) is 4.14.